The van der Waals surface area contributed by atoms with Crippen LogP contribution in [0.25, 0.3) is 0 Å². The van der Waals surface area contributed by atoms with E-state index in [1.807, 2.05) is 25.1 Å². The van der Waals surface area contributed by atoms with Crippen LogP contribution in [0.3, 0.4) is 0 Å². The summed E-state index contributed by atoms with van der Waals surface area (Å²) in [7, 11) is 0. The van der Waals surface area contributed by atoms with Crippen LogP contribution < -0.4 is 11.1 Å². The van der Waals surface area contributed by atoms with Crippen molar-refractivity contribution in [3.8, 4) is 11.8 Å². The van der Waals surface area contributed by atoms with Gasteiger partial charge in [0, 0.05) is 17.7 Å². The van der Waals surface area contributed by atoms with Crippen molar-refractivity contribution in [3.05, 3.63) is 34.9 Å². The van der Waals surface area contributed by atoms with Crippen molar-refractivity contribution in [1.82, 2.24) is 5.32 Å². The van der Waals surface area contributed by atoms with Crippen LogP contribution in [-0.4, -0.2) is 19.0 Å². The van der Waals surface area contributed by atoms with E-state index >= 15 is 0 Å². The topological polar surface area (TPSA) is 55.1 Å². The number of nitrogens with one attached hydrogen (secondary N) is 1. The van der Waals surface area contributed by atoms with E-state index in [4.69, 9.17) is 5.73 Å². The normalized spacial score (nSPS) is 10.1. The average molecular weight is 272 g/mol. The Labute approximate surface area is 121 Å². The maximum Gasteiger partial charge on any atom is 0.251 e. The van der Waals surface area contributed by atoms with Gasteiger partial charge in [0.05, 0.1) is 6.54 Å². The summed E-state index contributed by atoms with van der Waals surface area (Å²) in [5.74, 6) is 6.45. The monoisotopic (exact) mass is 272 g/mol. The summed E-state index contributed by atoms with van der Waals surface area (Å²) in [6, 6.07) is 5.58. The van der Waals surface area contributed by atoms with Gasteiger partial charge in [0.1, 0.15) is 0 Å². The molecule has 0 saturated carbocycles. The van der Waals surface area contributed by atoms with Crippen molar-refractivity contribution in [2.75, 3.05) is 13.1 Å². The number of benzene rings is 1. The van der Waals surface area contributed by atoms with Crippen molar-refractivity contribution in [2.45, 2.75) is 33.6 Å². The summed E-state index contributed by atoms with van der Waals surface area (Å²) in [5, 5.41) is 2.95. The maximum atomic E-state index is 12.0. The van der Waals surface area contributed by atoms with Crippen molar-refractivity contribution in [2.24, 2.45) is 11.7 Å². The van der Waals surface area contributed by atoms with Gasteiger partial charge in [0.2, 0.25) is 0 Å². The van der Waals surface area contributed by atoms with Crippen LogP contribution >= 0.6 is 0 Å². The number of nitrogens with two attached hydrogens (primary N) is 1. The second-order valence-electron chi connectivity index (χ2n) is 5.33. The maximum absolute atomic E-state index is 12.0. The first-order chi connectivity index (χ1) is 9.54. The lowest BCUT2D eigenvalue weighted by Gasteiger charge is -2.08. The molecule has 1 aromatic rings. The lowest BCUT2D eigenvalue weighted by atomic mass is 10.0. The SMILES string of the molecule is Cc1ccc(C(=O)NCCCC(C)C)cc1C#CCN. The Balaban J connectivity index is 2.64. The Hall–Kier alpha value is -1.79. The van der Waals surface area contributed by atoms with Crippen LogP contribution in [-0.2, 0) is 0 Å². The zero-order chi connectivity index (χ0) is 15.0. The van der Waals surface area contributed by atoms with Crippen LogP contribution in [0.1, 0.15) is 48.2 Å². The van der Waals surface area contributed by atoms with Gasteiger partial charge in [-0.1, -0.05) is 31.8 Å². The van der Waals surface area contributed by atoms with Crippen LogP contribution in [0, 0.1) is 24.7 Å². The number of carbonyl (C=O) groups is 1. The molecule has 0 aliphatic heterocycles. The summed E-state index contributed by atoms with van der Waals surface area (Å²) in [5.41, 5.74) is 7.95. The molecular formula is C17H24N2O. The number of amides is 1. The second-order valence-corrected chi connectivity index (χ2v) is 5.33. The van der Waals surface area contributed by atoms with E-state index in [1.165, 1.54) is 0 Å². The molecule has 3 N–H and O–H groups in total. The molecule has 0 radical (unpaired) electrons. The number of hydrogen-bond acceptors (Lipinski definition) is 2. The van der Waals surface area contributed by atoms with E-state index in [-0.39, 0.29) is 5.91 Å². The Morgan fingerprint density at radius 3 is 2.80 bits per heavy atom. The molecule has 20 heavy (non-hydrogen) atoms. The Morgan fingerprint density at radius 2 is 2.15 bits per heavy atom. The Kier molecular flexibility index (Phi) is 6.83. The third-order valence-electron chi connectivity index (χ3n) is 3.07. The van der Waals surface area contributed by atoms with Crippen LogP contribution in [0.15, 0.2) is 18.2 Å². The van der Waals surface area contributed by atoms with Gasteiger partial charge in [0.25, 0.3) is 5.91 Å². The number of carbonyl (C=O) groups excluding carboxylic acids is 1. The first-order valence-electron chi connectivity index (χ1n) is 7.12. The molecule has 0 bridgehead atoms. The van der Waals surface area contributed by atoms with E-state index < -0.39 is 0 Å². The molecule has 3 nitrogen and oxygen atoms in total. The van der Waals surface area contributed by atoms with E-state index in [0.717, 1.165) is 24.0 Å². The highest BCUT2D eigenvalue weighted by molar-refractivity contribution is 5.94. The number of rotatable bonds is 5. The average Bonchev–Trinajstić information content (AvgIpc) is 2.42. The van der Waals surface area contributed by atoms with E-state index in [0.29, 0.717) is 24.6 Å². The molecule has 1 rings (SSSR count). The molecule has 1 amide bonds. The third-order valence-corrected chi connectivity index (χ3v) is 3.07. The summed E-state index contributed by atoms with van der Waals surface area (Å²) in [4.78, 5) is 12.0. The van der Waals surface area contributed by atoms with Gasteiger partial charge >= 0.3 is 0 Å². The van der Waals surface area contributed by atoms with Crippen LogP contribution in [0.5, 0.6) is 0 Å². The van der Waals surface area contributed by atoms with Gasteiger partial charge in [-0.25, -0.2) is 0 Å². The zero-order valence-electron chi connectivity index (χ0n) is 12.6. The van der Waals surface area contributed by atoms with Gasteiger partial charge in [-0.15, -0.1) is 0 Å². The van der Waals surface area contributed by atoms with E-state index in [2.05, 4.69) is 31.0 Å². The molecule has 108 valence electrons. The summed E-state index contributed by atoms with van der Waals surface area (Å²) in [6.07, 6.45) is 2.14. The minimum absolute atomic E-state index is 0.0374. The smallest absolute Gasteiger partial charge is 0.251 e. The minimum atomic E-state index is -0.0374. The quantitative estimate of drug-likeness (QED) is 0.639. The second kappa shape index (κ2) is 8.39. The predicted molar refractivity (Wildman–Crippen MR) is 83.5 cm³/mol. The van der Waals surface area contributed by atoms with Gasteiger partial charge in [-0.2, -0.15) is 0 Å². The van der Waals surface area contributed by atoms with Gasteiger partial charge in [0.15, 0.2) is 0 Å². The lowest BCUT2D eigenvalue weighted by molar-refractivity contribution is 0.0952. The third kappa shape index (κ3) is 5.46. The molecular weight excluding hydrogens is 248 g/mol. The highest BCUT2D eigenvalue weighted by atomic mass is 16.1. The fraction of sp³-hybridized carbons (Fsp3) is 0.471. The molecule has 0 fully saturated rings. The molecule has 0 spiro atoms. The van der Waals surface area contributed by atoms with Gasteiger partial charge in [-0.3, -0.25) is 4.79 Å². The fourth-order valence-corrected chi connectivity index (χ4v) is 1.86. The van der Waals surface area contributed by atoms with Crippen molar-refractivity contribution in [3.63, 3.8) is 0 Å². The molecule has 0 aromatic heterocycles. The van der Waals surface area contributed by atoms with E-state index in [1.54, 1.807) is 0 Å². The standard InChI is InChI=1S/C17H24N2O/c1-13(2)6-5-11-19-17(20)16-9-8-14(3)15(12-16)7-4-10-18/h8-9,12-13H,5-6,10-11,18H2,1-3H3,(H,19,20). The van der Waals surface area contributed by atoms with Gasteiger partial charge < -0.3 is 11.1 Å². The number of hydrogen-bond donors (Lipinski definition) is 2. The lowest BCUT2D eigenvalue weighted by Crippen LogP contribution is -2.24. The summed E-state index contributed by atoms with van der Waals surface area (Å²) in [6.45, 7) is 7.39. The Bertz CT molecular complexity index is 509. The highest BCUT2D eigenvalue weighted by Gasteiger charge is 2.06. The van der Waals surface area contributed by atoms with Gasteiger partial charge in [-0.05, 0) is 43.4 Å². The predicted octanol–water partition coefficient (Wildman–Crippen LogP) is 2.47. The molecule has 0 atom stereocenters. The van der Waals surface area contributed by atoms with Crippen molar-refractivity contribution < 1.29 is 4.79 Å². The van der Waals surface area contributed by atoms with E-state index in [9.17, 15) is 4.79 Å². The largest absolute Gasteiger partial charge is 0.352 e. The Morgan fingerprint density at radius 1 is 1.40 bits per heavy atom. The first-order valence-corrected chi connectivity index (χ1v) is 7.12. The molecule has 0 aliphatic rings. The van der Waals surface area contributed by atoms with Crippen molar-refractivity contribution in [1.29, 1.82) is 0 Å². The highest BCUT2D eigenvalue weighted by Crippen LogP contribution is 2.10. The summed E-state index contributed by atoms with van der Waals surface area (Å²) >= 11 is 0. The molecule has 0 aliphatic carbocycles. The van der Waals surface area contributed by atoms with Crippen LogP contribution in [0.2, 0.25) is 0 Å². The zero-order valence-corrected chi connectivity index (χ0v) is 12.6. The molecule has 0 saturated heterocycles. The summed E-state index contributed by atoms with van der Waals surface area (Å²) < 4.78 is 0. The van der Waals surface area contributed by atoms with Crippen molar-refractivity contribution >= 4 is 5.91 Å². The molecule has 0 unspecified atom stereocenters. The molecule has 3 heteroatoms. The fourth-order valence-electron chi connectivity index (χ4n) is 1.86. The molecule has 1 aromatic carbocycles. The first kappa shape index (κ1) is 16.3. The molecule has 0 heterocycles. The minimum Gasteiger partial charge on any atom is -0.352 e. The van der Waals surface area contributed by atoms with Crippen LogP contribution in [0.4, 0.5) is 0 Å². The number of aryl methyl sites for hydroxylation is 1.